The number of benzene rings is 1. The van der Waals surface area contributed by atoms with Crippen LogP contribution in [0.15, 0.2) is 30.3 Å². The molecule has 0 saturated carbocycles. The Kier molecular flexibility index (Phi) is 2.78. The van der Waals surface area contributed by atoms with E-state index in [0.717, 1.165) is 5.56 Å². The van der Waals surface area contributed by atoms with Crippen LogP contribution >= 0.6 is 0 Å². The molecule has 2 rings (SSSR count). The van der Waals surface area contributed by atoms with Crippen LogP contribution in [0.5, 0.6) is 0 Å². The van der Waals surface area contributed by atoms with Gasteiger partial charge in [-0.25, -0.2) is 0 Å². The van der Waals surface area contributed by atoms with E-state index in [2.05, 4.69) is 0 Å². The van der Waals surface area contributed by atoms with E-state index in [1.807, 2.05) is 44.2 Å². The molecular weight excluding hydrogens is 192 g/mol. The van der Waals surface area contributed by atoms with Gasteiger partial charge in [0.05, 0.1) is 12.2 Å². The van der Waals surface area contributed by atoms with Crippen LogP contribution in [-0.2, 0) is 15.3 Å². The molecule has 1 aromatic carbocycles. The smallest absolute Gasteiger partial charge is 0.219 e. The van der Waals surface area contributed by atoms with Gasteiger partial charge in [0.2, 0.25) is 5.79 Å². The van der Waals surface area contributed by atoms with Gasteiger partial charge < -0.3 is 14.6 Å². The molecule has 1 aliphatic heterocycles. The maximum Gasteiger partial charge on any atom is 0.219 e. The van der Waals surface area contributed by atoms with Crippen LogP contribution in [0.2, 0.25) is 0 Å². The normalized spacial score (nSPS) is 29.3. The second kappa shape index (κ2) is 3.93. The summed E-state index contributed by atoms with van der Waals surface area (Å²) in [6.07, 6.45) is -0.00490. The highest BCUT2D eigenvalue weighted by Crippen LogP contribution is 2.36. The highest BCUT2D eigenvalue weighted by Gasteiger charge is 2.44. The number of hydrogen-bond donors (Lipinski definition) is 1. The van der Waals surface area contributed by atoms with Gasteiger partial charge in [-0.2, -0.15) is 0 Å². The van der Waals surface area contributed by atoms with Gasteiger partial charge >= 0.3 is 0 Å². The molecule has 0 radical (unpaired) electrons. The first-order valence-electron chi connectivity index (χ1n) is 5.20. The molecule has 0 amide bonds. The average Bonchev–Trinajstić information content (AvgIpc) is 2.57. The zero-order valence-electron chi connectivity index (χ0n) is 9.01. The van der Waals surface area contributed by atoms with Crippen LogP contribution in [0.3, 0.4) is 0 Å². The first kappa shape index (κ1) is 10.6. The van der Waals surface area contributed by atoms with Crippen molar-refractivity contribution in [1.29, 1.82) is 0 Å². The summed E-state index contributed by atoms with van der Waals surface area (Å²) >= 11 is 0. The van der Waals surface area contributed by atoms with Crippen LogP contribution in [0.1, 0.15) is 19.4 Å². The number of aliphatic hydroxyl groups excluding tert-OH is 1. The van der Waals surface area contributed by atoms with Crippen LogP contribution in [0.25, 0.3) is 0 Å². The van der Waals surface area contributed by atoms with Crippen molar-refractivity contribution in [2.75, 3.05) is 6.61 Å². The molecule has 0 bridgehead atoms. The first-order chi connectivity index (χ1) is 7.18. The fourth-order valence-corrected chi connectivity index (χ4v) is 1.81. The summed E-state index contributed by atoms with van der Waals surface area (Å²) < 4.78 is 11.4. The minimum atomic E-state index is -0.972. The summed E-state index contributed by atoms with van der Waals surface area (Å²) in [5.74, 6) is -0.972. The molecule has 0 aliphatic carbocycles. The van der Waals surface area contributed by atoms with Crippen molar-refractivity contribution in [3.63, 3.8) is 0 Å². The van der Waals surface area contributed by atoms with Crippen molar-refractivity contribution in [2.24, 2.45) is 0 Å². The molecular formula is C12H16O3. The molecule has 1 saturated heterocycles. The molecule has 2 atom stereocenters. The van der Waals surface area contributed by atoms with E-state index >= 15 is 0 Å². The summed E-state index contributed by atoms with van der Waals surface area (Å²) in [7, 11) is 0. The fourth-order valence-electron chi connectivity index (χ4n) is 1.81. The molecule has 0 aromatic heterocycles. The minimum absolute atomic E-state index is 0.00245. The van der Waals surface area contributed by atoms with Gasteiger partial charge in [-0.05, 0) is 13.8 Å². The summed E-state index contributed by atoms with van der Waals surface area (Å²) in [5.41, 5.74) is 0.865. The fraction of sp³-hybridized carbons (Fsp3) is 0.500. The number of ether oxygens (including phenoxy) is 2. The molecule has 82 valence electrons. The third kappa shape index (κ3) is 1.78. The van der Waals surface area contributed by atoms with Gasteiger partial charge in [-0.1, -0.05) is 30.3 Å². The Labute approximate surface area is 89.6 Å². The zero-order valence-corrected chi connectivity index (χ0v) is 9.01. The maximum atomic E-state index is 9.46. The second-order valence-electron chi connectivity index (χ2n) is 3.92. The van der Waals surface area contributed by atoms with Crippen LogP contribution in [-0.4, -0.2) is 23.9 Å². The Hall–Kier alpha value is -0.900. The summed E-state index contributed by atoms with van der Waals surface area (Å²) in [4.78, 5) is 0. The second-order valence-corrected chi connectivity index (χ2v) is 3.92. The van der Waals surface area contributed by atoms with E-state index in [9.17, 15) is 5.11 Å². The van der Waals surface area contributed by atoms with Crippen molar-refractivity contribution in [1.82, 2.24) is 0 Å². The number of aliphatic hydroxyl groups is 1. The molecule has 0 spiro atoms. The monoisotopic (exact) mass is 208 g/mol. The molecule has 1 aliphatic rings. The molecule has 1 N–H and O–H groups in total. The molecule has 0 unspecified atom stereocenters. The largest absolute Gasteiger partial charge is 0.390 e. The predicted octanol–water partition coefficient (Wildman–Crippen LogP) is 1.66. The zero-order chi connectivity index (χ0) is 10.9. The van der Waals surface area contributed by atoms with Gasteiger partial charge in [0.15, 0.2) is 0 Å². The molecule has 3 nitrogen and oxygen atoms in total. The maximum absolute atomic E-state index is 9.46. The van der Waals surface area contributed by atoms with Gasteiger partial charge in [0.25, 0.3) is 0 Å². The van der Waals surface area contributed by atoms with E-state index < -0.39 is 5.79 Å². The Morgan fingerprint density at radius 2 is 1.67 bits per heavy atom. The lowest BCUT2D eigenvalue weighted by atomic mass is 10.1. The SMILES string of the molecule is C[C@H]1OC(CO)(c2ccccc2)O[C@@H]1C. The summed E-state index contributed by atoms with van der Waals surface area (Å²) in [6, 6.07) is 9.55. The predicted molar refractivity (Wildman–Crippen MR) is 56.3 cm³/mol. The third-order valence-electron chi connectivity index (χ3n) is 2.84. The van der Waals surface area contributed by atoms with Gasteiger partial charge in [-0.15, -0.1) is 0 Å². The number of rotatable bonds is 2. The molecule has 3 heteroatoms. The van der Waals surface area contributed by atoms with Crippen LogP contribution in [0.4, 0.5) is 0 Å². The highest BCUT2D eigenvalue weighted by molar-refractivity contribution is 5.21. The molecule has 1 fully saturated rings. The van der Waals surface area contributed by atoms with Gasteiger partial charge in [0.1, 0.15) is 6.61 Å². The van der Waals surface area contributed by atoms with E-state index in [1.165, 1.54) is 0 Å². The Morgan fingerprint density at radius 3 is 2.13 bits per heavy atom. The topological polar surface area (TPSA) is 38.7 Å². The van der Waals surface area contributed by atoms with Crippen molar-refractivity contribution in [3.8, 4) is 0 Å². The molecule has 15 heavy (non-hydrogen) atoms. The lowest BCUT2D eigenvalue weighted by Crippen LogP contribution is -2.32. The summed E-state index contributed by atoms with van der Waals surface area (Å²) in [5, 5.41) is 9.46. The van der Waals surface area contributed by atoms with Crippen molar-refractivity contribution in [3.05, 3.63) is 35.9 Å². The van der Waals surface area contributed by atoms with E-state index in [4.69, 9.17) is 9.47 Å². The van der Waals surface area contributed by atoms with Crippen molar-refractivity contribution >= 4 is 0 Å². The standard InChI is InChI=1S/C12H16O3/c1-9-10(2)15-12(8-13,14-9)11-6-4-3-5-7-11/h3-7,9-10,13H,8H2,1-2H3/t9-,10-/m1/s1. The molecule has 1 aromatic rings. The van der Waals surface area contributed by atoms with Gasteiger partial charge in [0, 0.05) is 5.56 Å². The lowest BCUT2D eigenvalue weighted by molar-refractivity contribution is -0.205. The molecule has 1 heterocycles. The number of hydrogen-bond acceptors (Lipinski definition) is 3. The lowest BCUT2D eigenvalue weighted by Gasteiger charge is -2.26. The average molecular weight is 208 g/mol. The van der Waals surface area contributed by atoms with Gasteiger partial charge in [-0.3, -0.25) is 0 Å². The summed E-state index contributed by atoms with van der Waals surface area (Å²) in [6.45, 7) is 3.74. The quantitative estimate of drug-likeness (QED) is 0.803. The van der Waals surface area contributed by atoms with Crippen molar-refractivity contribution < 1.29 is 14.6 Å². The van der Waals surface area contributed by atoms with Crippen LogP contribution in [0, 0.1) is 0 Å². The third-order valence-corrected chi connectivity index (χ3v) is 2.84. The Morgan fingerprint density at radius 1 is 1.13 bits per heavy atom. The first-order valence-corrected chi connectivity index (χ1v) is 5.20. The minimum Gasteiger partial charge on any atom is -0.390 e. The van der Waals surface area contributed by atoms with E-state index in [0.29, 0.717) is 0 Å². The Balaban J connectivity index is 2.32. The van der Waals surface area contributed by atoms with Crippen LogP contribution < -0.4 is 0 Å². The highest BCUT2D eigenvalue weighted by atomic mass is 16.8. The van der Waals surface area contributed by atoms with E-state index in [-0.39, 0.29) is 18.8 Å². The van der Waals surface area contributed by atoms with E-state index in [1.54, 1.807) is 0 Å². The Bertz CT molecular complexity index is 313. The van der Waals surface area contributed by atoms with Crippen molar-refractivity contribution in [2.45, 2.75) is 31.8 Å².